The van der Waals surface area contributed by atoms with Crippen molar-refractivity contribution in [2.75, 3.05) is 5.43 Å². The van der Waals surface area contributed by atoms with Gasteiger partial charge in [0.15, 0.2) is 0 Å². The monoisotopic (exact) mass is 193 g/mol. The van der Waals surface area contributed by atoms with Crippen LogP contribution in [0, 0.1) is 11.8 Å². The summed E-state index contributed by atoms with van der Waals surface area (Å²) in [5, 5.41) is 3.11. The van der Waals surface area contributed by atoms with Crippen molar-refractivity contribution in [1.29, 1.82) is 0 Å². The Labute approximate surface area is 78.6 Å². The first-order chi connectivity index (χ1) is 6.29. The van der Waals surface area contributed by atoms with Gasteiger partial charge in [0.05, 0.1) is 15.5 Å². The lowest BCUT2D eigenvalue weighted by Gasteiger charge is -1.88. The Morgan fingerprint density at radius 2 is 2.38 bits per heavy atom. The van der Waals surface area contributed by atoms with Gasteiger partial charge in [-0.25, -0.2) is 10.4 Å². The number of hydrogen-bond acceptors (Lipinski definition) is 4. The molecule has 0 atom stereocenters. The van der Waals surface area contributed by atoms with Crippen LogP contribution in [0.1, 0.15) is 5.56 Å². The Bertz CT molecular complexity index is 452. The van der Waals surface area contributed by atoms with E-state index in [1.807, 2.05) is 25.1 Å². The van der Waals surface area contributed by atoms with Crippen LogP contribution in [-0.4, -0.2) is 4.98 Å². The van der Waals surface area contributed by atoms with Crippen LogP contribution in [0.4, 0.5) is 5.13 Å². The summed E-state index contributed by atoms with van der Waals surface area (Å²) >= 11 is 1.42. The Kier molecular flexibility index (Phi) is 1.94. The molecule has 2 rings (SSSR count). The number of aryl methyl sites for hydroxylation is 1. The predicted octanol–water partition coefficient (Wildman–Crippen LogP) is 2.70. The third kappa shape index (κ3) is 1.50. The molecule has 0 unspecified atom stereocenters. The molecule has 0 saturated heterocycles. The molecule has 1 heterocycles. The largest absolute Gasteiger partial charge is 0.219 e. The molecule has 5 heteroatoms. The summed E-state index contributed by atoms with van der Waals surface area (Å²) in [7, 11) is 0. The lowest BCUT2D eigenvalue weighted by molar-refractivity contribution is 1.28. The van der Waals surface area contributed by atoms with Gasteiger partial charge in [0.1, 0.15) is 0 Å². The summed E-state index contributed by atoms with van der Waals surface area (Å²) < 4.78 is 1.06. The minimum absolute atomic E-state index is 0.538. The summed E-state index contributed by atoms with van der Waals surface area (Å²) in [6.45, 7) is 2.02. The van der Waals surface area contributed by atoms with E-state index in [2.05, 4.69) is 15.7 Å². The first-order valence-corrected chi connectivity index (χ1v) is 4.57. The van der Waals surface area contributed by atoms with Gasteiger partial charge in [-0.1, -0.05) is 17.4 Å². The lowest BCUT2D eigenvalue weighted by Crippen LogP contribution is -1.82. The topological polar surface area (TPSA) is 54.4 Å². The number of benzene rings is 1. The number of fused-ring (bicyclic) bond motifs is 1. The van der Waals surface area contributed by atoms with Gasteiger partial charge in [0.25, 0.3) is 0 Å². The second-order valence-corrected chi connectivity index (χ2v) is 3.72. The molecule has 0 aliphatic heterocycles. The number of nitrogens with one attached hydrogen (secondary N) is 1. The average molecular weight is 193 g/mol. The van der Waals surface area contributed by atoms with Crippen LogP contribution < -0.4 is 5.43 Å². The smallest absolute Gasteiger partial charge is 0.207 e. The highest BCUT2D eigenvalue weighted by atomic mass is 32.1. The van der Waals surface area contributed by atoms with Crippen LogP contribution in [0.25, 0.3) is 10.2 Å². The minimum Gasteiger partial charge on any atom is -0.219 e. The normalized spacial score (nSPS) is 10.2. The molecule has 0 aliphatic rings. The molecule has 66 valence electrons. The zero-order valence-corrected chi connectivity index (χ0v) is 7.76. The second kappa shape index (κ2) is 3.10. The summed E-state index contributed by atoms with van der Waals surface area (Å²) in [6.07, 6.45) is 0. The summed E-state index contributed by atoms with van der Waals surface area (Å²) in [4.78, 5) is 14.1. The van der Waals surface area contributed by atoms with E-state index in [0.29, 0.717) is 5.13 Å². The van der Waals surface area contributed by atoms with E-state index in [9.17, 15) is 4.91 Å². The highest BCUT2D eigenvalue weighted by Crippen LogP contribution is 2.26. The van der Waals surface area contributed by atoms with Crippen molar-refractivity contribution in [3.05, 3.63) is 28.7 Å². The fraction of sp³-hybridized carbons (Fsp3) is 0.125. The van der Waals surface area contributed by atoms with E-state index in [-0.39, 0.29) is 0 Å². The molecule has 0 spiro atoms. The number of aromatic nitrogens is 1. The maximum absolute atomic E-state index is 9.92. The van der Waals surface area contributed by atoms with E-state index in [1.165, 1.54) is 16.9 Å². The maximum atomic E-state index is 9.92. The second-order valence-electron chi connectivity index (χ2n) is 2.69. The molecule has 2 aromatic rings. The van der Waals surface area contributed by atoms with Crippen LogP contribution in [0.3, 0.4) is 0 Å². The molecular weight excluding hydrogens is 186 g/mol. The first kappa shape index (κ1) is 8.12. The third-order valence-electron chi connectivity index (χ3n) is 1.69. The minimum atomic E-state index is 0.538. The maximum Gasteiger partial charge on any atom is 0.207 e. The zero-order chi connectivity index (χ0) is 9.26. The van der Waals surface area contributed by atoms with Gasteiger partial charge in [-0.3, -0.25) is 0 Å². The van der Waals surface area contributed by atoms with Crippen LogP contribution in [-0.2, 0) is 0 Å². The molecule has 13 heavy (non-hydrogen) atoms. The van der Waals surface area contributed by atoms with Crippen molar-refractivity contribution in [2.45, 2.75) is 6.92 Å². The SMILES string of the molecule is Cc1ccc2nc(NN=O)sc2c1. The van der Waals surface area contributed by atoms with Crippen molar-refractivity contribution in [3.8, 4) is 0 Å². The van der Waals surface area contributed by atoms with Gasteiger partial charge in [0, 0.05) is 0 Å². The number of hydrogen-bond donors (Lipinski definition) is 1. The third-order valence-corrected chi connectivity index (χ3v) is 2.61. The predicted molar refractivity (Wildman–Crippen MR) is 53.8 cm³/mol. The molecule has 1 aromatic heterocycles. The van der Waals surface area contributed by atoms with E-state index in [0.717, 1.165) is 10.2 Å². The van der Waals surface area contributed by atoms with Gasteiger partial charge < -0.3 is 0 Å². The summed E-state index contributed by atoms with van der Waals surface area (Å²) in [6, 6.07) is 5.94. The fourth-order valence-electron chi connectivity index (χ4n) is 1.12. The Morgan fingerprint density at radius 1 is 1.54 bits per heavy atom. The van der Waals surface area contributed by atoms with E-state index >= 15 is 0 Å². The van der Waals surface area contributed by atoms with Crippen molar-refractivity contribution in [3.63, 3.8) is 0 Å². The Hall–Kier alpha value is -1.49. The van der Waals surface area contributed by atoms with Crippen LogP contribution in [0.5, 0.6) is 0 Å². The Morgan fingerprint density at radius 3 is 3.15 bits per heavy atom. The van der Waals surface area contributed by atoms with Crippen LogP contribution in [0.15, 0.2) is 23.5 Å². The molecule has 0 saturated carbocycles. The van der Waals surface area contributed by atoms with Crippen molar-refractivity contribution in [2.24, 2.45) is 5.29 Å². The highest BCUT2D eigenvalue weighted by molar-refractivity contribution is 7.22. The molecule has 0 bridgehead atoms. The quantitative estimate of drug-likeness (QED) is 0.589. The molecule has 0 fully saturated rings. The van der Waals surface area contributed by atoms with Crippen molar-refractivity contribution >= 4 is 26.7 Å². The fourth-order valence-corrected chi connectivity index (χ4v) is 2.02. The summed E-state index contributed by atoms with van der Waals surface area (Å²) in [5.74, 6) is 0. The standard InChI is InChI=1S/C8H7N3OS/c1-5-2-3-6-7(4-5)13-8(9-6)10-11-12/h2-4H,1H3,(H,9,10,12). The van der Waals surface area contributed by atoms with Crippen LogP contribution in [0.2, 0.25) is 0 Å². The van der Waals surface area contributed by atoms with Crippen molar-refractivity contribution in [1.82, 2.24) is 4.98 Å². The van der Waals surface area contributed by atoms with Crippen molar-refractivity contribution < 1.29 is 0 Å². The molecule has 1 N–H and O–H groups in total. The van der Waals surface area contributed by atoms with E-state index in [4.69, 9.17) is 0 Å². The van der Waals surface area contributed by atoms with Gasteiger partial charge in [0.2, 0.25) is 5.13 Å². The highest BCUT2D eigenvalue weighted by Gasteiger charge is 2.02. The molecule has 0 aliphatic carbocycles. The number of rotatable bonds is 2. The first-order valence-electron chi connectivity index (χ1n) is 3.75. The van der Waals surface area contributed by atoms with Gasteiger partial charge in [-0.2, -0.15) is 0 Å². The zero-order valence-electron chi connectivity index (χ0n) is 6.94. The number of anilines is 1. The van der Waals surface area contributed by atoms with Crippen LogP contribution >= 0.6 is 11.3 Å². The summed E-state index contributed by atoms with van der Waals surface area (Å²) in [5.41, 5.74) is 4.37. The number of nitrogens with zero attached hydrogens (tertiary/aromatic N) is 2. The number of thiazole rings is 1. The molecular formula is C8H7N3OS. The molecule has 1 aromatic carbocycles. The Balaban J connectivity index is 2.55. The van der Waals surface area contributed by atoms with Gasteiger partial charge in [-0.05, 0) is 24.6 Å². The van der Waals surface area contributed by atoms with Gasteiger partial charge in [-0.15, -0.1) is 4.91 Å². The van der Waals surface area contributed by atoms with E-state index < -0.39 is 0 Å². The molecule has 0 radical (unpaired) electrons. The lowest BCUT2D eigenvalue weighted by atomic mass is 10.2. The number of nitroso groups, excluding NO2 is 1. The van der Waals surface area contributed by atoms with Gasteiger partial charge >= 0.3 is 0 Å². The average Bonchev–Trinajstić information content (AvgIpc) is 2.46. The molecule has 0 amide bonds. The molecule has 4 nitrogen and oxygen atoms in total. The van der Waals surface area contributed by atoms with E-state index in [1.54, 1.807) is 0 Å².